The molecule has 0 aromatic heterocycles. The summed E-state index contributed by atoms with van der Waals surface area (Å²) in [5.41, 5.74) is 0. The van der Waals surface area contributed by atoms with Gasteiger partial charge in [0.15, 0.2) is 0 Å². The van der Waals surface area contributed by atoms with Crippen molar-refractivity contribution in [2.75, 3.05) is 0 Å². The van der Waals surface area contributed by atoms with E-state index in [1.54, 1.807) is 0 Å². The lowest BCUT2D eigenvalue weighted by Gasteiger charge is -2.08. The van der Waals surface area contributed by atoms with Crippen LogP contribution in [0.25, 0.3) is 0 Å². The number of ether oxygens (including phenoxy) is 1. The summed E-state index contributed by atoms with van der Waals surface area (Å²) in [5.74, 6) is -0.457. The lowest BCUT2D eigenvalue weighted by Crippen LogP contribution is -2.17. The number of hydrogen-bond acceptors (Lipinski definition) is 1. The van der Waals surface area contributed by atoms with Crippen LogP contribution in [0, 0.1) is 6.07 Å². The minimum atomic E-state index is -4.74. The van der Waals surface area contributed by atoms with Crippen molar-refractivity contribution in [3.05, 3.63) is 28.2 Å². The Morgan fingerprint density at radius 3 is 2.00 bits per heavy atom. The second kappa shape index (κ2) is 3.64. The molecule has 1 radical (unpaired) electrons. The number of hydrogen-bond donors (Lipinski definition) is 0. The molecular weight excluding hydrogens is 228 g/mol. The van der Waals surface area contributed by atoms with Gasteiger partial charge in [-0.05, 0) is 12.1 Å². The lowest BCUT2D eigenvalue weighted by molar-refractivity contribution is -0.274. The Hall–Kier alpha value is -0.610. The Bertz CT molecular complexity index is 291. The fourth-order valence-corrected chi connectivity index (χ4v) is 1.14. The van der Waals surface area contributed by atoms with E-state index in [9.17, 15) is 13.2 Å². The molecule has 6 heteroatoms. The van der Waals surface area contributed by atoms with E-state index in [4.69, 9.17) is 23.2 Å². The molecule has 1 nitrogen and oxygen atoms in total. The molecule has 0 fully saturated rings. The van der Waals surface area contributed by atoms with E-state index in [1.807, 2.05) is 0 Å². The summed E-state index contributed by atoms with van der Waals surface area (Å²) >= 11 is 10.8. The predicted octanol–water partition coefficient (Wildman–Crippen LogP) is 3.69. The minimum absolute atomic E-state index is 0.0354. The van der Waals surface area contributed by atoms with E-state index in [0.29, 0.717) is 0 Å². The van der Waals surface area contributed by atoms with Gasteiger partial charge in [-0.3, -0.25) is 0 Å². The van der Waals surface area contributed by atoms with E-state index in [0.717, 1.165) is 12.1 Å². The van der Waals surface area contributed by atoms with Gasteiger partial charge in [-0.15, -0.1) is 13.2 Å². The van der Waals surface area contributed by atoms with Crippen LogP contribution in [0.15, 0.2) is 12.1 Å². The van der Waals surface area contributed by atoms with E-state index >= 15 is 0 Å². The van der Waals surface area contributed by atoms with Crippen molar-refractivity contribution < 1.29 is 17.9 Å². The van der Waals surface area contributed by atoms with Gasteiger partial charge in [0.1, 0.15) is 5.75 Å². The minimum Gasteiger partial charge on any atom is -0.406 e. The molecule has 0 spiro atoms. The number of rotatable bonds is 1. The summed E-state index contributed by atoms with van der Waals surface area (Å²) in [7, 11) is 0. The Labute approximate surface area is 82.0 Å². The Kier molecular flexibility index (Phi) is 2.93. The largest absolute Gasteiger partial charge is 0.573 e. The molecule has 0 amide bonds. The topological polar surface area (TPSA) is 9.23 Å². The van der Waals surface area contributed by atoms with Gasteiger partial charge in [-0.2, -0.15) is 0 Å². The molecule has 0 unspecified atom stereocenters. The fraction of sp³-hybridized carbons (Fsp3) is 0.143. The maximum atomic E-state index is 11.7. The predicted molar refractivity (Wildman–Crippen MR) is 42.0 cm³/mol. The highest BCUT2D eigenvalue weighted by atomic mass is 35.5. The fourth-order valence-electron chi connectivity index (χ4n) is 0.670. The Balaban J connectivity index is 2.90. The van der Waals surface area contributed by atoms with E-state index in [-0.39, 0.29) is 10.0 Å². The maximum Gasteiger partial charge on any atom is 0.573 e. The van der Waals surface area contributed by atoms with Crippen LogP contribution in [0.5, 0.6) is 5.75 Å². The highest BCUT2D eigenvalue weighted by molar-refractivity contribution is 6.34. The van der Waals surface area contributed by atoms with Gasteiger partial charge in [0, 0.05) is 6.07 Å². The second-order valence-corrected chi connectivity index (χ2v) is 2.87. The van der Waals surface area contributed by atoms with E-state index in [1.165, 1.54) is 0 Å². The first kappa shape index (κ1) is 10.5. The Morgan fingerprint density at radius 1 is 1.15 bits per heavy atom. The number of benzene rings is 1. The third-order valence-corrected chi connectivity index (χ3v) is 1.42. The highest BCUT2D eigenvalue weighted by Gasteiger charge is 2.31. The van der Waals surface area contributed by atoms with Crippen LogP contribution in [0.2, 0.25) is 10.0 Å². The van der Waals surface area contributed by atoms with Gasteiger partial charge in [-0.25, -0.2) is 0 Å². The zero-order valence-corrected chi connectivity index (χ0v) is 7.46. The van der Waals surface area contributed by atoms with Crippen LogP contribution in [0.4, 0.5) is 13.2 Å². The molecule has 1 rings (SSSR count). The maximum absolute atomic E-state index is 11.7. The van der Waals surface area contributed by atoms with Crippen LogP contribution in [0.1, 0.15) is 0 Å². The molecule has 0 aliphatic carbocycles. The van der Waals surface area contributed by atoms with Crippen LogP contribution < -0.4 is 4.74 Å². The lowest BCUT2D eigenvalue weighted by atomic mass is 10.3. The summed E-state index contributed by atoms with van der Waals surface area (Å²) in [6, 6.07) is 4.33. The molecular formula is C7H2Cl2F3O. The van der Waals surface area contributed by atoms with Crippen LogP contribution in [-0.4, -0.2) is 6.36 Å². The zero-order valence-electron chi connectivity index (χ0n) is 5.95. The van der Waals surface area contributed by atoms with Gasteiger partial charge in [0.25, 0.3) is 0 Å². The Morgan fingerprint density at radius 2 is 1.62 bits per heavy atom. The third-order valence-electron chi connectivity index (χ3n) is 1.01. The quantitative estimate of drug-likeness (QED) is 0.714. The normalized spacial score (nSPS) is 11.5. The molecule has 0 N–H and O–H groups in total. The summed E-state index contributed by atoms with van der Waals surface area (Å²) in [6.45, 7) is 0. The summed E-state index contributed by atoms with van der Waals surface area (Å²) in [4.78, 5) is 0. The average Bonchev–Trinajstić information content (AvgIpc) is 1.78. The third kappa shape index (κ3) is 3.74. The molecule has 0 aliphatic heterocycles. The zero-order chi connectivity index (χ0) is 10.1. The molecule has 0 heterocycles. The molecule has 13 heavy (non-hydrogen) atoms. The van der Waals surface area contributed by atoms with Gasteiger partial charge in [0.05, 0.1) is 10.0 Å². The van der Waals surface area contributed by atoms with Crippen LogP contribution >= 0.6 is 23.2 Å². The summed E-state index contributed by atoms with van der Waals surface area (Å²) in [5, 5.41) is -0.0708. The summed E-state index contributed by atoms with van der Waals surface area (Å²) in [6.07, 6.45) is -4.74. The van der Waals surface area contributed by atoms with Crippen molar-refractivity contribution in [2.24, 2.45) is 0 Å². The van der Waals surface area contributed by atoms with Gasteiger partial charge in [-0.1, -0.05) is 23.2 Å². The van der Waals surface area contributed by atoms with Crippen molar-refractivity contribution >= 4 is 23.2 Å². The van der Waals surface area contributed by atoms with Crippen molar-refractivity contribution in [1.82, 2.24) is 0 Å². The second-order valence-electron chi connectivity index (χ2n) is 2.06. The highest BCUT2D eigenvalue weighted by Crippen LogP contribution is 2.28. The average molecular weight is 230 g/mol. The standard InChI is InChI=1S/C7H2Cl2F3O/c8-4-1-5(9)3-6(2-4)13-7(10,11)12/h2-3H. The van der Waals surface area contributed by atoms with Crippen molar-refractivity contribution in [3.63, 3.8) is 0 Å². The van der Waals surface area contributed by atoms with Gasteiger partial charge in [0.2, 0.25) is 0 Å². The smallest absolute Gasteiger partial charge is 0.406 e. The van der Waals surface area contributed by atoms with E-state index < -0.39 is 12.1 Å². The molecule has 0 aliphatic rings. The first-order chi connectivity index (χ1) is 5.87. The molecule has 0 bridgehead atoms. The van der Waals surface area contributed by atoms with E-state index in [2.05, 4.69) is 10.8 Å². The number of halogens is 5. The molecule has 0 saturated heterocycles. The SMILES string of the molecule is FC(F)(F)Oc1cc(Cl)[c]c(Cl)c1. The monoisotopic (exact) mass is 229 g/mol. The molecule has 1 aromatic rings. The number of alkyl halides is 3. The van der Waals surface area contributed by atoms with Crippen molar-refractivity contribution in [1.29, 1.82) is 0 Å². The summed E-state index contributed by atoms with van der Waals surface area (Å²) < 4.78 is 38.6. The molecule has 1 aromatic carbocycles. The van der Waals surface area contributed by atoms with Gasteiger partial charge < -0.3 is 4.74 Å². The van der Waals surface area contributed by atoms with Crippen LogP contribution in [0.3, 0.4) is 0 Å². The van der Waals surface area contributed by atoms with Gasteiger partial charge >= 0.3 is 6.36 Å². The first-order valence-electron chi connectivity index (χ1n) is 3.01. The molecule has 71 valence electrons. The van der Waals surface area contributed by atoms with Crippen molar-refractivity contribution in [3.8, 4) is 5.75 Å². The molecule has 0 saturated carbocycles. The van der Waals surface area contributed by atoms with Crippen molar-refractivity contribution in [2.45, 2.75) is 6.36 Å². The van der Waals surface area contributed by atoms with Crippen LogP contribution in [-0.2, 0) is 0 Å². The molecule has 0 atom stereocenters. The first-order valence-corrected chi connectivity index (χ1v) is 3.76.